The van der Waals surface area contributed by atoms with E-state index in [1.54, 1.807) is 53.0 Å². The predicted octanol–water partition coefficient (Wildman–Crippen LogP) is 9.49. The minimum atomic E-state index is -4.56. The molecule has 0 atom stereocenters. The fraction of sp³-hybridized carbons (Fsp3) is 0.429. The molecule has 0 spiro atoms. The Morgan fingerprint density at radius 2 is 1.80 bits per heavy atom. The number of nitrogens with zero attached hydrogens (tertiary/aromatic N) is 6. The predicted molar refractivity (Wildman–Crippen MR) is 191 cm³/mol. The van der Waals surface area contributed by atoms with E-state index in [0.717, 1.165) is 29.3 Å². The van der Waals surface area contributed by atoms with Crippen molar-refractivity contribution in [3.8, 4) is 28.5 Å². The highest BCUT2D eigenvalue weighted by Crippen LogP contribution is 2.38. The monoisotopic (exact) mass is 713 g/mol. The molecule has 0 fully saturated rings. The van der Waals surface area contributed by atoms with E-state index in [0.29, 0.717) is 53.1 Å². The Bertz CT molecular complexity index is 1930. The zero-order valence-corrected chi connectivity index (χ0v) is 30.9. The maximum absolute atomic E-state index is 13.7. The summed E-state index contributed by atoms with van der Waals surface area (Å²) in [5.41, 5.74) is 2.43. The fourth-order valence-electron chi connectivity index (χ4n) is 5.15. The van der Waals surface area contributed by atoms with E-state index < -0.39 is 20.2 Å². The van der Waals surface area contributed by atoms with Gasteiger partial charge < -0.3 is 19.0 Å². The van der Waals surface area contributed by atoms with E-state index in [2.05, 4.69) is 54.2 Å². The lowest BCUT2D eigenvalue weighted by Gasteiger charge is -2.36. The molecule has 5 aromatic rings. The van der Waals surface area contributed by atoms with Crippen LogP contribution in [-0.4, -0.2) is 57.9 Å². The van der Waals surface area contributed by atoms with E-state index in [-0.39, 0.29) is 16.9 Å². The van der Waals surface area contributed by atoms with Crippen molar-refractivity contribution in [2.24, 2.45) is 0 Å². The molecule has 0 aliphatic rings. The summed E-state index contributed by atoms with van der Waals surface area (Å²) in [6, 6.07) is 10.7. The molecule has 0 bridgehead atoms. The van der Waals surface area contributed by atoms with Gasteiger partial charge in [0.05, 0.1) is 35.8 Å². The number of anilines is 1. The van der Waals surface area contributed by atoms with Crippen LogP contribution in [-0.2, 0) is 17.1 Å². The van der Waals surface area contributed by atoms with Gasteiger partial charge in [0.1, 0.15) is 11.6 Å². The number of fused-ring (bicyclic) bond motifs is 1. The number of hydrogen-bond donors (Lipinski definition) is 1. The molecule has 9 nitrogen and oxygen atoms in total. The number of benzene rings is 2. The molecule has 49 heavy (non-hydrogen) atoms. The van der Waals surface area contributed by atoms with Gasteiger partial charge in [0.15, 0.2) is 25.5 Å². The minimum absolute atomic E-state index is 0.0997. The van der Waals surface area contributed by atoms with Crippen LogP contribution in [0.3, 0.4) is 0 Å². The van der Waals surface area contributed by atoms with Crippen molar-refractivity contribution in [1.29, 1.82) is 0 Å². The standard InChI is InChI=1S/C35H43ClF3N7O2Si/c1-22(2)45-21-29(35(37,38)39)43-32(45)23-13-14-24(27(17-23)40-15-10-16-48-49(7,8)34(3,4)5)20-46-33-25(19-42-46)18-41-31(44-33)30-26(36)11-9-12-28(30)47-6/h9,11-14,17-19,21-22,40H,10,15-16,20H2,1-8H3. The average molecular weight is 714 g/mol. The van der Waals surface area contributed by atoms with E-state index in [4.69, 9.17) is 25.7 Å². The zero-order chi connectivity index (χ0) is 35.7. The smallest absolute Gasteiger partial charge is 0.434 e. The summed E-state index contributed by atoms with van der Waals surface area (Å²) >= 11 is 6.53. The van der Waals surface area contributed by atoms with Gasteiger partial charge in [-0.05, 0) is 62.2 Å². The first-order chi connectivity index (χ1) is 23.0. The van der Waals surface area contributed by atoms with Crippen LogP contribution in [0, 0.1) is 0 Å². The molecule has 2 aromatic carbocycles. The van der Waals surface area contributed by atoms with Gasteiger partial charge in [-0.2, -0.15) is 18.3 Å². The molecule has 14 heteroatoms. The fourth-order valence-corrected chi connectivity index (χ4v) is 6.49. The van der Waals surface area contributed by atoms with Crippen LogP contribution in [0.5, 0.6) is 5.75 Å². The van der Waals surface area contributed by atoms with Gasteiger partial charge >= 0.3 is 6.18 Å². The molecule has 0 unspecified atom stereocenters. The first kappa shape index (κ1) is 36.3. The topological polar surface area (TPSA) is 91.9 Å². The van der Waals surface area contributed by atoms with Crippen molar-refractivity contribution in [1.82, 2.24) is 29.3 Å². The van der Waals surface area contributed by atoms with E-state index in [1.165, 1.54) is 0 Å². The van der Waals surface area contributed by atoms with Crippen LogP contribution in [0.15, 0.2) is 55.0 Å². The van der Waals surface area contributed by atoms with Crippen molar-refractivity contribution in [3.63, 3.8) is 0 Å². The Hall–Kier alpha value is -3.94. The number of alkyl halides is 3. The first-order valence-electron chi connectivity index (χ1n) is 16.2. The Balaban J connectivity index is 1.49. The van der Waals surface area contributed by atoms with Crippen molar-refractivity contribution >= 4 is 36.6 Å². The van der Waals surface area contributed by atoms with Crippen LogP contribution in [0.2, 0.25) is 23.2 Å². The van der Waals surface area contributed by atoms with Crippen LogP contribution in [0.1, 0.15) is 58.3 Å². The van der Waals surface area contributed by atoms with E-state index >= 15 is 0 Å². The molecule has 0 saturated carbocycles. The van der Waals surface area contributed by atoms with Gasteiger partial charge in [-0.1, -0.05) is 50.6 Å². The molecule has 0 aliphatic heterocycles. The number of nitrogens with one attached hydrogen (secondary N) is 1. The van der Waals surface area contributed by atoms with Crippen molar-refractivity contribution in [2.45, 2.75) is 77.9 Å². The highest BCUT2D eigenvalue weighted by Gasteiger charge is 2.37. The summed E-state index contributed by atoms with van der Waals surface area (Å²) in [6.07, 6.45) is 0.644. The van der Waals surface area contributed by atoms with Crippen molar-refractivity contribution in [3.05, 3.63) is 71.3 Å². The number of halogens is 4. The molecule has 0 radical (unpaired) electrons. The summed E-state index contributed by atoms with van der Waals surface area (Å²) in [5.74, 6) is 1.19. The number of hydrogen-bond acceptors (Lipinski definition) is 7. The minimum Gasteiger partial charge on any atom is -0.496 e. The maximum atomic E-state index is 13.7. The maximum Gasteiger partial charge on any atom is 0.434 e. The van der Waals surface area contributed by atoms with E-state index in [1.807, 2.05) is 26.0 Å². The lowest BCUT2D eigenvalue weighted by Crippen LogP contribution is -2.41. The highest BCUT2D eigenvalue weighted by molar-refractivity contribution is 6.74. The van der Waals surface area contributed by atoms with Crippen molar-refractivity contribution < 1.29 is 22.3 Å². The third-order valence-corrected chi connectivity index (χ3v) is 13.8. The second-order valence-corrected chi connectivity index (χ2v) is 19.0. The Morgan fingerprint density at radius 3 is 2.47 bits per heavy atom. The average Bonchev–Trinajstić information content (AvgIpc) is 3.66. The number of aromatic nitrogens is 6. The Labute approximate surface area is 291 Å². The highest BCUT2D eigenvalue weighted by atomic mass is 35.5. The summed E-state index contributed by atoms with van der Waals surface area (Å²) in [7, 11) is -0.345. The Morgan fingerprint density at radius 1 is 1.04 bits per heavy atom. The Kier molecular flexibility index (Phi) is 10.5. The van der Waals surface area contributed by atoms with Gasteiger partial charge in [-0.25, -0.2) is 19.6 Å². The second kappa shape index (κ2) is 14.1. The molecule has 1 N–H and O–H groups in total. The number of imidazole rings is 1. The third kappa shape index (κ3) is 7.94. The van der Waals surface area contributed by atoms with Crippen LogP contribution < -0.4 is 10.1 Å². The van der Waals surface area contributed by atoms with Crippen LogP contribution in [0.25, 0.3) is 33.8 Å². The van der Waals surface area contributed by atoms with Gasteiger partial charge in [0.2, 0.25) is 0 Å². The van der Waals surface area contributed by atoms with Gasteiger partial charge in [-0.3, -0.25) is 0 Å². The lowest BCUT2D eigenvalue weighted by molar-refractivity contribution is -0.140. The molecular weight excluding hydrogens is 671 g/mol. The van der Waals surface area contributed by atoms with E-state index in [9.17, 15) is 13.2 Å². The quantitative estimate of drug-likeness (QED) is 0.102. The molecule has 0 amide bonds. The molecule has 3 aromatic heterocycles. The molecule has 0 aliphatic carbocycles. The van der Waals surface area contributed by atoms with Crippen LogP contribution >= 0.6 is 11.6 Å². The van der Waals surface area contributed by atoms with Gasteiger partial charge in [0, 0.05) is 42.8 Å². The third-order valence-electron chi connectivity index (χ3n) is 8.97. The summed E-state index contributed by atoms with van der Waals surface area (Å²) in [4.78, 5) is 13.4. The summed E-state index contributed by atoms with van der Waals surface area (Å²) in [5, 5.41) is 9.42. The number of rotatable bonds is 12. The van der Waals surface area contributed by atoms with Gasteiger partial charge in [-0.15, -0.1) is 0 Å². The molecule has 3 heterocycles. The van der Waals surface area contributed by atoms with Crippen LogP contribution in [0.4, 0.5) is 18.9 Å². The molecule has 5 rings (SSSR count). The number of ether oxygens (including phenoxy) is 1. The second-order valence-electron chi connectivity index (χ2n) is 13.8. The molecule has 0 saturated heterocycles. The summed E-state index contributed by atoms with van der Waals surface area (Å²) in [6.45, 7) is 16.2. The van der Waals surface area contributed by atoms with Crippen molar-refractivity contribution in [2.75, 3.05) is 25.6 Å². The SMILES string of the molecule is COc1cccc(Cl)c1-c1ncc2cnn(Cc3ccc(-c4nc(C(F)(F)F)cn4C(C)C)cc3NCCCO[Si](C)(C)C(C)(C)C)c2n1. The largest absolute Gasteiger partial charge is 0.496 e. The molecular formula is C35H43ClF3N7O2Si. The summed E-state index contributed by atoms with van der Waals surface area (Å²) < 4.78 is 56.3. The van der Waals surface area contributed by atoms with Gasteiger partial charge in [0.25, 0.3) is 0 Å². The lowest BCUT2D eigenvalue weighted by atomic mass is 10.1. The first-order valence-corrected chi connectivity index (χ1v) is 19.5. The zero-order valence-electron chi connectivity index (χ0n) is 29.1. The normalized spacial score (nSPS) is 12.7. The molecule has 262 valence electrons. The number of methoxy groups -OCH3 is 1.